The molecule has 34 heavy (non-hydrogen) atoms. The Morgan fingerprint density at radius 1 is 1.06 bits per heavy atom. The predicted octanol–water partition coefficient (Wildman–Crippen LogP) is 5.20. The number of carbonyl (C=O) groups excluding carboxylic acids is 2. The molecular weight excluding hydrogens is 454 g/mol. The monoisotopic (exact) mass is 477 g/mol. The van der Waals surface area contributed by atoms with Gasteiger partial charge in [0.2, 0.25) is 0 Å². The molecule has 2 aliphatic heterocycles. The molecule has 1 N–H and O–H groups in total. The van der Waals surface area contributed by atoms with Crippen LogP contribution in [0.25, 0.3) is 0 Å². The summed E-state index contributed by atoms with van der Waals surface area (Å²) in [7, 11) is 1.35. The number of ether oxygens (including phenoxy) is 3. The SMILES string of the molecule is COC(=O)c1cccc([C@H]2C[C@@H](NC(=O)[C@]3(C)Cc4cc(Cl)ccc4O3)c3ccccc3O2)c1. The molecule has 3 atom stereocenters. The zero-order chi connectivity index (χ0) is 23.9. The molecule has 5 rings (SSSR count). The number of hydrogen-bond acceptors (Lipinski definition) is 5. The molecule has 6 nitrogen and oxygen atoms in total. The molecule has 0 spiro atoms. The fraction of sp³-hybridized carbons (Fsp3) is 0.259. The first-order chi connectivity index (χ1) is 16.4. The van der Waals surface area contributed by atoms with E-state index < -0.39 is 11.6 Å². The number of nitrogens with one attached hydrogen (secondary N) is 1. The minimum atomic E-state index is -1.04. The first-order valence-electron chi connectivity index (χ1n) is 11.1. The van der Waals surface area contributed by atoms with Crippen LogP contribution >= 0.6 is 11.6 Å². The highest BCUT2D eigenvalue weighted by molar-refractivity contribution is 6.30. The van der Waals surface area contributed by atoms with Gasteiger partial charge in [-0.25, -0.2) is 4.79 Å². The number of benzene rings is 3. The first kappa shape index (κ1) is 22.3. The zero-order valence-electron chi connectivity index (χ0n) is 18.8. The van der Waals surface area contributed by atoms with Gasteiger partial charge in [-0.1, -0.05) is 41.9 Å². The van der Waals surface area contributed by atoms with E-state index in [-0.39, 0.29) is 18.1 Å². The third-order valence-corrected chi connectivity index (χ3v) is 6.60. The van der Waals surface area contributed by atoms with E-state index in [0.717, 1.165) is 16.7 Å². The second kappa shape index (κ2) is 8.69. The predicted molar refractivity (Wildman–Crippen MR) is 127 cm³/mol. The molecule has 0 aliphatic carbocycles. The highest BCUT2D eigenvalue weighted by atomic mass is 35.5. The van der Waals surface area contributed by atoms with E-state index >= 15 is 0 Å². The lowest BCUT2D eigenvalue weighted by Gasteiger charge is -2.34. The lowest BCUT2D eigenvalue weighted by Crippen LogP contribution is -2.49. The number of rotatable bonds is 4. The van der Waals surface area contributed by atoms with Crippen LogP contribution in [0.3, 0.4) is 0 Å². The molecule has 3 aromatic rings. The van der Waals surface area contributed by atoms with Gasteiger partial charge in [-0.3, -0.25) is 4.79 Å². The van der Waals surface area contributed by atoms with Crippen LogP contribution in [0.4, 0.5) is 0 Å². The summed E-state index contributed by atoms with van der Waals surface area (Å²) in [6.45, 7) is 1.79. The maximum atomic E-state index is 13.5. The quantitative estimate of drug-likeness (QED) is 0.523. The summed E-state index contributed by atoms with van der Waals surface area (Å²) in [4.78, 5) is 25.5. The number of carbonyl (C=O) groups is 2. The van der Waals surface area contributed by atoms with Crippen LogP contribution in [0.2, 0.25) is 5.02 Å². The maximum absolute atomic E-state index is 13.5. The number of fused-ring (bicyclic) bond motifs is 2. The molecule has 0 saturated carbocycles. The molecule has 2 aliphatic rings. The van der Waals surface area contributed by atoms with Gasteiger partial charge >= 0.3 is 5.97 Å². The van der Waals surface area contributed by atoms with Crippen LogP contribution < -0.4 is 14.8 Å². The molecule has 0 bridgehead atoms. The van der Waals surface area contributed by atoms with Crippen molar-refractivity contribution in [2.45, 2.75) is 37.5 Å². The van der Waals surface area contributed by atoms with Crippen molar-refractivity contribution < 1.29 is 23.8 Å². The Hall–Kier alpha value is -3.51. The number of amides is 1. The van der Waals surface area contributed by atoms with Crippen molar-refractivity contribution in [2.75, 3.05) is 7.11 Å². The molecule has 0 unspecified atom stereocenters. The summed E-state index contributed by atoms with van der Waals surface area (Å²) < 4.78 is 17.2. The lowest BCUT2D eigenvalue weighted by atomic mass is 9.91. The Balaban J connectivity index is 1.40. The summed E-state index contributed by atoms with van der Waals surface area (Å²) >= 11 is 6.12. The van der Waals surface area contributed by atoms with Crippen LogP contribution in [-0.2, 0) is 16.0 Å². The normalized spacial score (nSPS) is 22.6. The zero-order valence-corrected chi connectivity index (χ0v) is 19.6. The smallest absolute Gasteiger partial charge is 0.337 e. The van der Waals surface area contributed by atoms with E-state index in [1.165, 1.54) is 7.11 Å². The van der Waals surface area contributed by atoms with Gasteiger partial charge in [-0.2, -0.15) is 0 Å². The van der Waals surface area contributed by atoms with Crippen LogP contribution in [0, 0.1) is 0 Å². The van der Waals surface area contributed by atoms with Crippen LogP contribution in [0.15, 0.2) is 66.7 Å². The highest BCUT2D eigenvalue weighted by Gasteiger charge is 2.43. The molecular formula is C27H24ClNO5. The van der Waals surface area contributed by atoms with Crippen molar-refractivity contribution in [1.29, 1.82) is 0 Å². The number of esters is 1. The van der Waals surface area contributed by atoms with Crippen molar-refractivity contribution in [2.24, 2.45) is 0 Å². The van der Waals surface area contributed by atoms with Crippen molar-refractivity contribution >= 4 is 23.5 Å². The van der Waals surface area contributed by atoms with Gasteiger partial charge in [0.15, 0.2) is 5.60 Å². The van der Waals surface area contributed by atoms with E-state index in [1.807, 2.05) is 36.4 Å². The second-order valence-corrected chi connectivity index (χ2v) is 9.22. The van der Waals surface area contributed by atoms with Gasteiger partial charge in [0.05, 0.1) is 18.7 Å². The molecule has 0 aromatic heterocycles. The molecule has 0 fully saturated rings. The van der Waals surface area contributed by atoms with E-state index in [9.17, 15) is 9.59 Å². The second-order valence-electron chi connectivity index (χ2n) is 8.78. The molecule has 7 heteroatoms. The molecule has 2 heterocycles. The van der Waals surface area contributed by atoms with Gasteiger partial charge < -0.3 is 19.5 Å². The number of para-hydroxylation sites is 1. The van der Waals surface area contributed by atoms with Crippen LogP contribution in [0.5, 0.6) is 11.5 Å². The van der Waals surface area contributed by atoms with Crippen molar-refractivity contribution in [3.05, 3.63) is 94.0 Å². The third-order valence-electron chi connectivity index (χ3n) is 6.36. The maximum Gasteiger partial charge on any atom is 0.337 e. The Labute approximate surface area is 202 Å². The van der Waals surface area contributed by atoms with E-state index in [4.69, 9.17) is 25.8 Å². The Morgan fingerprint density at radius 2 is 1.88 bits per heavy atom. The van der Waals surface area contributed by atoms with Gasteiger partial charge in [-0.15, -0.1) is 0 Å². The minimum absolute atomic E-state index is 0.205. The highest BCUT2D eigenvalue weighted by Crippen LogP contribution is 2.42. The van der Waals surface area contributed by atoms with E-state index in [1.54, 1.807) is 37.3 Å². The Bertz CT molecular complexity index is 1280. The fourth-order valence-electron chi connectivity index (χ4n) is 4.61. The standard InChI is InChI=1S/C27H24ClNO5/c1-27(15-18-13-19(28)10-11-22(18)34-27)26(31)29-21-14-24(33-23-9-4-3-8-20(21)23)16-6-5-7-17(12-16)25(30)32-2/h3-13,21,24H,14-15H2,1-2H3,(H,29,31)/t21-,24-,27+/m1/s1. The summed E-state index contributed by atoms with van der Waals surface area (Å²) in [5.74, 6) is 0.754. The van der Waals surface area contributed by atoms with Gasteiger partial charge in [0.25, 0.3) is 5.91 Å². The van der Waals surface area contributed by atoms with E-state index in [0.29, 0.717) is 34.9 Å². The minimum Gasteiger partial charge on any atom is -0.485 e. The first-order valence-corrected chi connectivity index (χ1v) is 11.5. The molecule has 3 aromatic carbocycles. The molecule has 0 radical (unpaired) electrons. The number of methoxy groups -OCH3 is 1. The Morgan fingerprint density at radius 3 is 2.71 bits per heavy atom. The van der Waals surface area contributed by atoms with Crippen molar-refractivity contribution in [1.82, 2.24) is 5.32 Å². The van der Waals surface area contributed by atoms with Crippen LogP contribution in [-0.4, -0.2) is 24.6 Å². The van der Waals surface area contributed by atoms with Crippen molar-refractivity contribution in [3.63, 3.8) is 0 Å². The van der Waals surface area contributed by atoms with Gasteiger partial charge in [-0.05, 0) is 48.9 Å². The average molecular weight is 478 g/mol. The molecule has 0 saturated heterocycles. The summed E-state index contributed by atoms with van der Waals surface area (Å²) in [5, 5.41) is 3.80. The third kappa shape index (κ3) is 4.10. The van der Waals surface area contributed by atoms with Crippen molar-refractivity contribution in [3.8, 4) is 11.5 Å². The van der Waals surface area contributed by atoms with Gasteiger partial charge in [0, 0.05) is 29.0 Å². The topological polar surface area (TPSA) is 73.9 Å². The van der Waals surface area contributed by atoms with E-state index in [2.05, 4.69) is 5.32 Å². The van der Waals surface area contributed by atoms with Crippen LogP contribution in [0.1, 0.15) is 52.5 Å². The summed E-state index contributed by atoms with van der Waals surface area (Å²) in [6.07, 6.45) is 0.588. The number of halogens is 1. The number of hydrogen-bond donors (Lipinski definition) is 1. The average Bonchev–Trinajstić information content (AvgIpc) is 3.20. The summed E-state index contributed by atoms with van der Waals surface area (Å²) in [6, 6.07) is 19.9. The molecule has 1 amide bonds. The summed E-state index contributed by atoms with van der Waals surface area (Å²) in [5.41, 5.74) is 2.06. The largest absolute Gasteiger partial charge is 0.485 e. The fourth-order valence-corrected chi connectivity index (χ4v) is 4.80. The molecule has 174 valence electrons. The van der Waals surface area contributed by atoms with Gasteiger partial charge in [0.1, 0.15) is 17.6 Å². The lowest BCUT2D eigenvalue weighted by molar-refractivity contribution is -0.135. The Kier molecular flexibility index (Phi) is 5.70.